The zero-order chi connectivity index (χ0) is 13.5. The molecule has 1 unspecified atom stereocenters. The first-order chi connectivity index (χ1) is 8.61. The van der Waals surface area contributed by atoms with Crippen molar-refractivity contribution in [2.75, 3.05) is 19.6 Å². The molecule has 1 saturated heterocycles. The minimum atomic E-state index is -0.877. The molecule has 0 aliphatic carbocycles. The number of hydrogen-bond acceptors (Lipinski definition) is 2. The molecule has 1 fully saturated rings. The van der Waals surface area contributed by atoms with Crippen molar-refractivity contribution >= 4 is 12.0 Å². The van der Waals surface area contributed by atoms with Crippen LogP contribution in [0.25, 0.3) is 0 Å². The Balaban J connectivity index is 2.80. The summed E-state index contributed by atoms with van der Waals surface area (Å²) in [5.41, 5.74) is 0. The summed E-state index contributed by atoms with van der Waals surface area (Å²) in [6, 6.07) is -0.764. The van der Waals surface area contributed by atoms with E-state index in [-0.39, 0.29) is 6.03 Å². The van der Waals surface area contributed by atoms with E-state index in [2.05, 4.69) is 0 Å². The molecule has 1 rings (SSSR count). The predicted octanol–water partition coefficient (Wildman–Crippen LogP) is 2.17. The number of likely N-dealkylation sites (tertiary alicyclic amines) is 1. The summed E-state index contributed by atoms with van der Waals surface area (Å²) in [5.74, 6) is -0.877. The van der Waals surface area contributed by atoms with Gasteiger partial charge in [-0.25, -0.2) is 9.59 Å². The van der Waals surface area contributed by atoms with Gasteiger partial charge in [-0.3, -0.25) is 0 Å². The van der Waals surface area contributed by atoms with E-state index in [1.165, 1.54) is 0 Å². The highest BCUT2D eigenvalue weighted by Gasteiger charge is 2.32. The third-order valence-corrected chi connectivity index (χ3v) is 3.43. The normalized spacial score (nSPS) is 20.3. The lowest BCUT2D eigenvalue weighted by molar-refractivity contribution is -0.142. The first-order valence-corrected chi connectivity index (χ1v) is 6.90. The molecule has 2 amide bonds. The monoisotopic (exact) mass is 256 g/mol. The largest absolute Gasteiger partial charge is 0.480 e. The Morgan fingerprint density at radius 1 is 1.28 bits per heavy atom. The summed E-state index contributed by atoms with van der Waals surface area (Å²) >= 11 is 0. The van der Waals surface area contributed by atoms with E-state index in [0.717, 1.165) is 25.7 Å². The minimum Gasteiger partial charge on any atom is -0.480 e. The van der Waals surface area contributed by atoms with Crippen molar-refractivity contribution in [1.29, 1.82) is 0 Å². The molecule has 104 valence electrons. The van der Waals surface area contributed by atoms with Gasteiger partial charge in [0.05, 0.1) is 0 Å². The Kier molecular flexibility index (Phi) is 5.95. The molecule has 1 atom stereocenters. The number of urea groups is 1. The lowest BCUT2D eigenvalue weighted by Crippen LogP contribution is -2.51. The Hall–Kier alpha value is -1.26. The van der Waals surface area contributed by atoms with Crippen LogP contribution in [0.5, 0.6) is 0 Å². The molecule has 1 aliphatic rings. The van der Waals surface area contributed by atoms with Gasteiger partial charge in [-0.05, 0) is 26.2 Å². The van der Waals surface area contributed by atoms with Crippen molar-refractivity contribution in [3.8, 4) is 0 Å². The molecule has 0 spiro atoms. The Bertz CT molecular complexity index is 294. The van der Waals surface area contributed by atoms with Gasteiger partial charge >= 0.3 is 12.0 Å². The van der Waals surface area contributed by atoms with Crippen molar-refractivity contribution in [2.45, 2.75) is 52.0 Å². The molecule has 5 nitrogen and oxygen atoms in total. The highest BCUT2D eigenvalue weighted by atomic mass is 16.4. The molecule has 1 N–H and O–H groups in total. The van der Waals surface area contributed by atoms with Crippen molar-refractivity contribution in [2.24, 2.45) is 0 Å². The summed E-state index contributed by atoms with van der Waals surface area (Å²) in [6.45, 7) is 5.85. The van der Waals surface area contributed by atoms with Gasteiger partial charge in [0.1, 0.15) is 6.04 Å². The van der Waals surface area contributed by atoms with Gasteiger partial charge in [0.25, 0.3) is 0 Å². The number of amides is 2. The van der Waals surface area contributed by atoms with Crippen LogP contribution in [0.1, 0.15) is 46.0 Å². The van der Waals surface area contributed by atoms with E-state index >= 15 is 0 Å². The number of nitrogens with zero attached hydrogens (tertiary/aromatic N) is 2. The molecule has 0 aromatic heterocycles. The molecule has 18 heavy (non-hydrogen) atoms. The molecule has 5 heteroatoms. The zero-order valence-electron chi connectivity index (χ0n) is 11.4. The van der Waals surface area contributed by atoms with Crippen molar-refractivity contribution in [1.82, 2.24) is 9.80 Å². The fourth-order valence-corrected chi connectivity index (χ4v) is 2.43. The molecule has 0 saturated carbocycles. The smallest absolute Gasteiger partial charge is 0.326 e. The standard InChI is InChI=1S/C13H24N2O3/c1-3-9-14(4-2)13(18)15-10-7-5-6-8-11(15)12(16)17/h11H,3-10H2,1-2H3,(H,16,17). The number of carboxylic acid groups (broad SMARTS) is 1. The van der Waals surface area contributed by atoms with Crippen LogP contribution < -0.4 is 0 Å². The van der Waals surface area contributed by atoms with E-state index in [0.29, 0.717) is 26.1 Å². The van der Waals surface area contributed by atoms with Gasteiger partial charge in [-0.1, -0.05) is 19.8 Å². The van der Waals surface area contributed by atoms with Crippen LogP contribution in [0.15, 0.2) is 0 Å². The minimum absolute atomic E-state index is 0.117. The van der Waals surface area contributed by atoms with Gasteiger partial charge in [0, 0.05) is 19.6 Å². The van der Waals surface area contributed by atoms with Crippen LogP contribution in [0, 0.1) is 0 Å². The number of hydrogen-bond donors (Lipinski definition) is 1. The second-order valence-electron chi connectivity index (χ2n) is 4.76. The van der Waals surface area contributed by atoms with Gasteiger partial charge in [-0.15, -0.1) is 0 Å². The third-order valence-electron chi connectivity index (χ3n) is 3.43. The number of carbonyl (C=O) groups excluding carboxylic acids is 1. The van der Waals surface area contributed by atoms with Gasteiger partial charge in [-0.2, -0.15) is 0 Å². The molecule has 0 bridgehead atoms. The van der Waals surface area contributed by atoms with Crippen LogP contribution in [0.4, 0.5) is 4.79 Å². The highest BCUT2D eigenvalue weighted by molar-refractivity contribution is 5.82. The summed E-state index contributed by atoms with van der Waals surface area (Å²) in [6.07, 6.45) is 4.27. The van der Waals surface area contributed by atoms with Gasteiger partial charge in [0.2, 0.25) is 0 Å². The third kappa shape index (κ3) is 3.62. The summed E-state index contributed by atoms with van der Waals surface area (Å²) in [5, 5.41) is 9.25. The SMILES string of the molecule is CCCN(CC)C(=O)N1CCCCCC1C(=O)O. The highest BCUT2D eigenvalue weighted by Crippen LogP contribution is 2.18. The van der Waals surface area contributed by atoms with Gasteiger partial charge in [0.15, 0.2) is 0 Å². The van der Waals surface area contributed by atoms with Crippen LogP contribution >= 0.6 is 0 Å². The van der Waals surface area contributed by atoms with Crippen LogP contribution in [0.3, 0.4) is 0 Å². The zero-order valence-corrected chi connectivity index (χ0v) is 11.4. The van der Waals surface area contributed by atoms with Crippen molar-refractivity contribution < 1.29 is 14.7 Å². The Morgan fingerprint density at radius 2 is 2.00 bits per heavy atom. The summed E-state index contributed by atoms with van der Waals surface area (Å²) < 4.78 is 0. The average Bonchev–Trinajstić information content (AvgIpc) is 2.60. The number of aliphatic carboxylic acids is 1. The lowest BCUT2D eigenvalue weighted by Gasteiger charge is -2.32. The van der Waals surface area contributed by atoms with Crippen LogP contribution in [0.2, 0.25) is 0 Å². The number of carbonyl (C=O) groups is 2. The fraction of sp³-hybridized carbons (Fsp3) is 0.846. The molecular weight excluding hydrogens is 232 g/mol. The maximum Gasteiger partial charge on any atom is 0.326 e. The maximum absolute atomic E-state index is 12.4. The molecule has 1 heterocycles. The van der Waals surface area contributed by atoms with E-state index < -0.39 is 12.0 Å². The lowest BCUT2D eigenvalue weighted by atomic mass is 10.1. The first-order valence-electron chi connectivity index (χ1n) is 6.90. The van der Waals surface area contributed by atoms with Crippen molar-refractivity contribution in [3.63, 3.8) is 0 Å². The first kappa shape index (κ1) is 14.8. The molecular formula is C13H24N2O3. The number of carboxylic acids is 1. The summed E-state index contributed by atoms with van der Waals surface area (Å²) in [4.78, 5) is 26.9. The van der Waals surface area contributed by atoms with Crippen LogP contribution in [-0.4, -0.2) is 52.6 Å². The second kappa shape index (κ2) is 7.24. The summed E-state index contributed by atoms with van der Waals surface area (Å²) in [7, 11) is 0. The molecule has 0 aromatic rings. The van der Waals surface area contributed by atoms with Crippen molar-refractivity contribution in [3.05, 3.63) is 0 Å². The molecule has 0 radical (unpaired) electrons. The maximum atomic E-state index is 12.4. The number of rotatable bonds is 4. The quantitative estimate of drug-likeness (QED) is 0.838. The Labute approximate surface area is 109 Å². The second-order valence-corrected chi connectivity index (χ2v) is 4.76. The van der Waals surface area contributed by atoms with Crippen LogP contribution in [-0.2, 0) is 4.79 Å². The van der Waals surface area contributed by atoms with E-state index in [1.54, 1.807) is 9.80 Å². The van der Waals surface area contributed by atoms with Gasteiger partial charge < -0.3 is 14.9 Å². The average molecular weight is 256 g/mol. The Morgan fingerprint density at radius 3 is 2.56 bits per heavy atom. The fourth-order valence-electron chi connectivity index (χ4n) is 2.43. The topological polar surface area (TPSA) is 60.9 Å². The van der Waals surface area contributed by atoms with E-state index in [4.69, 9.17) is 0 Å². The molecule has 1 aliphatic heterocycles. The molecule has 0 aromatic carbocycles. The van der Waals surface area contributed by atoms with E-state index in [1.807, 2.05) is 13.8 Å². The predicted molar refractivity (Wildman–Crippen MR) is 69.5 cm³/mol. The van der Waals surface area contributed by atoms with E-state index in [9.17, 15) is 14.7 Å².